The third-order valence-corrected chi connectivity index (χ3v) is 3.21. The van der Waals surface area contributed by atoms with E-state index in [0.29, 0.717) is 5.69 Å². The second kappa shape index (κ2) is 5.92. The molecular formula is C14H12BrFN2O2. The van der Waals surface area contributed by atoms with Crippen molar-refractivity contribution >= 4 is 27.5 Å². The van der Waals surface area contributed by atoms with Crippen molar-refractivity contribution in [2.75, 3.05) is 5.32 Å². The SMILES string of the molecule is NC(=O)C(Nc1ccc(Br)cc1)c1cc(O)cc(F)c1. The van der Waals surface area contributed by atoms with E-state index in [4.69, 9.17) is 5.73 Å². The van der Waals surface area contributed by atoms with Crippen LogP contribution in [0.2, 0.25) is 0 Å². The maximum Gasteiger partial charge on any atom is 0.244 e. The molecule has 0 aliphatic carbocycles. The molecule has 0 aliphatic rings. The van der Waals surface area contributed by atoms with Gasteiger partial charge in [0.1, 0.15) is 17.6 Å². The summed E-state index contributed by atoms with van der Waals surface area (Å²) in [7, 11) is 0. The van der Waals surface area contributed by atoms with Gasteiger partial charge in [0.25, 0.3) is 0 Å². The van der Waals surface area contributed by atoms with Crippen LogP contribution in [0.3, 0.4) is 0 Å². The molecule has 0 aromatic heterocycles. The van der Waals surface area contributed by atoms with Gasteiger partial charge >= 0.3 is 0 Å². The first kappa shape index (κ1) is 14.3. The van der Waals surface area contributed by atoms with Crippen LogP contribution < -0.4 is 11.1 Å². The number of rotatable bonds is 4. The smallest absolute Gasteiger partial charge is 0.244 e. The van der Waals surface area contributed by atoms with Gasteiger partial charge in [-0.1, -0.05) is 15.9 Å². The Morgan fingerprint density at radius 2 is 1.90 bits per heavy atom. The molecule has 4 nitrogen and oxygen atoms in total. The Kier molecular flexibility index (Phi) is 4.24. The van der Waals surface area contributed by atoms with Crippen LogP contribution in [0, 0.1) is 5.82 Å². The summed E-state index contributed by atoms with van der Waals surface area (Å²) < 4.78 is 14.2. The number of aromatic hydroxyl groups is 1. The van der Waals surface area contributed by atoms with E-state index in [1.54, 1.807) is 24.3 Å². The van der Waals surface area contributed by atoms with Crippen LogP contribution in [-0.4, -0.2) is 11.0 Å². The highest BCUT2D eigenvalue weighted by molar-refractivity contribution is 9.10. The molecule has 0 aliphatic heterocycles. The summed E-state index contributed by atoms with van der Waals surface area (Å²) in [4.78, 5) is 11.5. The zero-order valence-electron chi connectivity index (χ0n) is 10.3. The van der Waals surface area contributed by atoms with Gasteiger partial charge in [0.15, 0.2) is 0 Å². The number of benzene rings is 2. The number of phenols is 1. The third-order valence-electron chi connectivity index (χ3n) is 2.68. The maximum atomic E-state index is 13.3. The van der Waals surface area contributed by atoms with Crippen molar-refractivity contribution in [1.82, 2.24) is 0 Å². The number of carbonyl (C=O) groups excluding carboxylic acids is 1. The van der Waals surface area contributed by atoms with E-state index in [9.17, 15) is 14.3 Å². The average molecular weight is 339 g/mol. The predicted molar refractivity (Wildman–Crippen MR) is 77.8 cm³/mol. The summed E-state index contributed by atoms with van der Waals surface area (Å²) in [6, 6.07) is 9.57. The minimum Gasteiger partial charge on any atom is -0.508 e. The maximum absolute atomic E-state index is 13.3. The second-order valence-electron chi connectivity index (χ2n) is 4.23. The molecule has 0 saturated carbocycles. The number of amides is 1. The molecule has 0 bridgehead atoms. The highest BCUT2D eigenvalue weighted by atomic mass is 79.9. The van der Waals surface area contributed by atoms with E-state index in [2.05, 4.69) is 21.2 Å². The topological polar surface area (TPSA) is 75.4 Å². The van der Waals surface area contributed by atoms with Crippen molar-refractivity contribution < 1.29 is 14.3 Å². The van der Waals surface area contributed by atoms with E-state index < -0.39 is 17.8 Å². The van der Waals surface area contributed by atoms with Crippen LogP contribution in [0.1, 0.15) is 11.6 Å². The summed E-state index contributed by atoms with van der Waals surface area (Å²) in [5.41, 5.74) is 6.25. The molecule has 0 heterocycles. The molecule has 1 unspecified atom stereocenters. The number of hydrogen-bond donors (Lipinski definition) is 3. The first-order valence-electron chi connectivity index (χ1n) is 5.76. The lowest BCUT2D eigenvalue weighted by atomic mass is 10.1. The van der Waals surface area contributed by atoms with Gasteiger partial charge in [0, 0.05) is 16.2 Å². The van der Waals surface area contributed by atoms with E-state index in [1.807, 2.05) is 0 Å². The highest BCUT2D eigenvalue weighted by Crippen LogP contribution is 2.24. The van der Waals surface area contributed by atoms with Gasteiger partial charge in [-0.25, -0.2) is 4.39 Å². The fourth-order valence-corrected chi connectivity index (χ4v) is 2.06. The molecule has 0 radical (unpaired) electrons. The lowest BCUT2D eigenvalue weighted by Crippen LogP contribution is -2.27. The van der Waals surface area contributed by atoms with Gasteiger partial charge in [-0.15, -0.1) is 0 Å². The van der Waals surface area contributed by atoms with Crippen molar-refractivity contribution in [2.45, 2.75) is 6.04 Å². The molecule has 2 rings (SSSR count). The molecule has 1 amide bonds. The quantitative estimate of drug-likeness (QED) is 0.802. The van der Waals surface area contributed by atoms with E-state index in [-0.39, 0.29) is 11.3 Å². The molecule has 1 atom stereocenters. The average Bonchev–Trinajstić information content (AvgIpc) is 2.36. The molecule has 0 saturated heterocycles. The number of primary amides is 1. The Bertz CT molecular complexity index is 611. The largest absolute Gasteiger partial charge is 0.508 e. The summed E-state index contributed by atoms with van der Waals surface area (Å²) in [6.45, 7) is 0. The molecule has 0 spiro atoms. The van der Waals surface area contributed by atoms with Crippen molar-refractivity contribution in [2.24, 2.45) is 5.73 Å². The normalized spacial score (nSPS) is 11.9. The summed E-state index contributed by atoms with van der Waals surface area (Å²) in [6.07, 6.45) is 0. The van der Waals surface area contributed by atoms with Crippen LogP contribution in [0.4, 0.5) is 10.1 Å². The van der Waals surface area contributed by atoms with E-state index in [1.165, 1.54) is 6.07 Å². The van der Waals surface area contributed by atoms with Gasteiger partial charge < -0.3 is 16.2 Å². The fraction of sp³-hybridized carbons (Fsp3) is 0.0714. The lowest BCUT2D eigenvalue weighted by molar-refractivity contribution is -0.118. The molecule has 2 aromatic rings. The van der Waals surface area contributed by atoms with Gasteiger partial charge in [0.05, 0.1) is 0 Å². The van der Waals surface area contributed by atoms with Gasteiger partial charge in [-0.3, -0.25) is 4.79 Å². The van der Waals surface area contributed by atoms with Gasteiger partial charge in [-0.05, 0) is 42.0 Å². The summed E-state index contributed by atoms with van der Waals surface area (Å²) >= 11 is 3.30. The summed E-state index contributed by atoms with van der Waals surface area (Å²) in [5, 5.41) is 12.3. The van der Waals surface area contributed by atoms with E-state index >= 15 is 0 Å². The Hall–Kier alpha value is -2.08. The number of nitrogens with one attached hydrogen (secondary N) is 1. The fourth-order valence-electron chi connectivity index (χ4n) is 1.79. The molecule has 104 valence electrons. The second-order valence-corrected chi connectivity index (χ2v) is 5.15. The lowest BCUT2D eigenvalue weighted by Gasteiger charge is -2.17. The van der Waals surface area contributed by atoms with Crippen LogP contribution in [0.5, 0.6) is 5.75 Å². The van der Waals surface area contributed by atoms with Crippen LogP contribution in [-0.2, 0) is 4.79 Å². The Morgan fingerprint density at radius 1 is 1.25 bits per heavy atom. The zero-order chi connectivity index (χ0) is 14.7. The minimum atomic E-state index is -0.933. The molecule has 20 heavy (non-hydrogen) atoms. The first-order chi connectivity index (χ1) is 9.45. The molecule has 4 N–H and O–H groups in total. The number of halogens is 2. The van der Waals surface area contributed by atoms with Gasteiger partial charge in [0.2, 0.25) is 5.91 Å². The number of nitrogens with two attached hydrogens (primary N) is 1. The zero-order valence-corrected chi connectivity index (χ0v) is 11.9. The minimum absolute atomic E-state index is 0.260. The third kappa shape index (κ3) is 3.48. The van der Waals surface area contributed by atoms with Gasteiger partial charge in [-0.2, -0.15) is 0 Å². The first-order valence-corrected chi connectivity index (χ1v) is 6.56. The van der Waals surface area contributed by atoms with Crippen molar-refractivity contribution in [3.8, 4) is 5.75 Å². The number of carbonyl (C=O) groups is 1. The highest BCUT2D eigenvalue weighted by Gasteiger charge is 2.19. The Morgan fingerprint density at radius 3 is 2.45 bits per heavy atom. The molecular weight excluding hydrogens is 327 g/mol. The van der Waals surface area contributed by atoms with Crippen molar-refractivity contribution in [3.63, 3.8) is 0 Å². The number of anilines is 1. The Balaban J connectivity index is 2.31. The van der Waals surface area contributed by atoms with E-state index in [0.717, 1.165) is 16.6 Å². The standard InChI is InChI=1S/C14H12BrFN2O2/c15-9-1-3-11(4-2-9)18-13(14(17)20)8-5-10(16)7-12(19)6-8/h1-7,13,18-19H,(H2,17,20). The molecule has 2 aromatic carbocycles. The van der Waals surface area contributed by atoms with Crippen LogP contribution >= 0.6 is 15.9 Å². The molecule has 6 heteroatoms. The van der Waals surface area contributed by atoms with Crippen molar-refractivity contribution in [1.29, 1.82) is 0 Å². The molecule has 0 fully saturated rings. The van der Waals surface area contributed by atoms with Crippen LogP contribution in [0.15, 0.2) is 46.9 Å². The summed E-state index contributed by atoms with van der Waals surface area (Å²) in [5.74, 6) is -1.56. The monoisotopic (exact) mass is 338 g/mol. The van der Waals surface area contributed by atoms with Crippen LogP contribution in [0.25, 0.3) is 0 Å². The van der Waals surface area contributed by atoms with Crippen molar-refractivity contribution in [3.05, 3.63) is 58.3 Å². The number of phenolic OH excluding ortho intramolecular Hbond substituents is 1. The Labute approximate surface area is 123 Å². The predicted octanol–water partition coefficient (Wildman–Crippen LogP) is 2.93. The number of hydrogen-bond acceptors (Lipinski definition) is 3.